The summed E-state index contributed by atoms with van der Waals surface area (Å²) in [7, 11) is 2.16. The highest BCUT2D eigenvalue weighted by Crippen LogP contribution is 2.40. The molecule has 0 aliphatic rings. The van der Waals surface area contributed by atoms with Crippen LogP contribution in [-0.4, -0.2) is 4.40 Å². The van der Waals surface area contributed by atoms with Crippen molar-refractivity contribution in [2.75, 3.05) is 0 Å². The van der Waals surface area contributed by atoms with Crippen LogP contribution in [0.2, 0.25) is 0 Å². The van der Waals surface area contributed by atoms with Gasteiger partial charge in [-0.15, -0.1) is 0 Å². The van der Waals surface area contributed by atoms with Gasteiger partial charge in [0, 0.05) is 22.2 Å². The predicted octanol–water partition coefficient (Wildman–Crippen LogP) is 5.43. The zero-order valence-electron chi connectivity index (χ0n) is 15.2. The first-order chi connectivity index (χ1) is 12.7. The standard InChI is InChI=1S/C24H19N2/c1-14-6-4-8-18-20(14)17-12-13-25(3)24-21-15(2)10-11-16-7-5-9-19(22(16)21)26(18)23(17)24/h4-13H,1-3H3/q+1. The Morgan fingerprint density at radius 2 is 1.46 bits per heavy atom. The van der Waals surface area contributed by atoms with E-state index in [1.54, 1.807) is 0 Å². The van der Waals surface area contributed by atoms with E-state index in [1.165, 1.54) is 60.1 Å². The summed E-state index contributed by atoms with van der Waals surface area (Å²) in [5, 5.41) is 6.76. The third-order valence-electron chi connectivity index (χ3n) is 5.99. The van der Waals surface area contributed by atoms with E-state index in [-0.39, 0.29) is 0 Å². The molecular formula is C24H19N2+. The first-order valence-corrected chi connectivity index (χ1v) is 9.12. The summed E-state index contributed by atoms with van der Waals surface area (Å²) in [6.45, 7) is 4.45. The van der Waals surface area contributed by atoms with Gasteiger partial charge in [-0.3, -0.25) is 0 Å². The normalized spacial score (nSPS) is 12.4. The quantitative estimate of drug-likeness (QED) is 0.199. The molecule has 6 aromatic rings. The molecule has 3 aromatic heterocycles. The third kappa shape index (κ3) is 1.47. The zero-order valence-corrected chi connectivity index (χ0v) is 15.2. The molecule has 2 nitrogen and oxygen atoms in total. The van der Waals surface area contributed by atoms with Gasteiger partial charge in [-0.2, -0.15) is 4.57 Å². The smallest absolute Gasteiger partial charge is 0.238 e. The highest BCUT2D eigenvalue weighted by Gasteiger charge is 2.24. The van der Waals surface area contributed by atoms with Crippen molar-refractivity contribution in [3.8, 4) is 0 Å². The molecule has 2 heteroatoms. The van der Waals surface area contributed by atoms with E-state index in [1.807, 2.05) is 0 Å². The molecule has 0 aliphatic carbocycles. The van der Waals surface area contributed by atoms with E-state index in [4.69, 9.17) is 0 Å². The average molecular weight is 335 g/mol. The SMILES string of the molecule is Cc1cccc2c1c1cc[n+](C)c3c4c(C)ccc5cccc(c54)n2c13. The van der Waals surface area contributed by atoms with Gasteiger partial charge < -0.3 is 4.40 Å². The number of hydrogen-bond donors (Lipinski definition) is 0. The Bertz CT molecular complexity index is 1500. The van der Waals surface area contributed by atoms with Crippen LogP contribution in [0.5, 0.6) is 0 Å². The third-order valence-corrected chi connectivity index (χ3v) is 5.99. The van der Waals surface area contributed by atoms with Crippen molar-refractivity contribution < 1.29 is 4.57 Å². The lowest BCUT2D eigenvalue weighted by atomic mass is 9.98. The molecule has 0 fully saturated rings. The van der Waals surface area contributed by atoms with Crippen molar-refractivity contribution in [3.63, 3.8) is 0 Å². The van der Waals surface area contributed by atoms with Crippen molar-refractivity contribution in [1.82, 2.24) is 4.40 Å². The molecule has 0 amide bonds. The predicted molar refractivity (Wildman–Crippen MR) is 109 cm³/mol. The first kappa shape index (κ1) is 14.1. The van der Waals surface area contributed by atoms with Crippen LogP contribution in [0.3, 0.4) is 0 Å². The maximum atomic E-state index is 2.47. The van der Waals surface area contributed by atoms with Crippen molar-refractivity contribution >= 4 is 49.0 Å². The Kier molecular flexibility index (Phi) is 2.45. The fourth-order valence-electron chi connectivity index (χ4n) is 4.87. The Hall–Kier alpha value is -3.13. The minimum atomic E-state index is 1.30. The van der Waals surface area contributed by atoms with Gasteiger partial charge in [0.25, 0.3) is 0 Å². The summed E-state index contributed by atoms with van der Waals surface area (Å²) >= 11 is 0. The fraction of sp³-hybridized carbons (Fsp3) is 0.125. The highest BCUT2D eigenvalue weighted by molar-refractivity contribution is 6.25. The van der Waals surface area contributed by atoms with E-state index >= 15 is 0 Å². The monoisotopic (exact) mass is 335 g/mol. The Morgan fingerprint density at radius 1 is 0.731 bits per heavy atom. The van der Waals surface area contributed by atoms with Crippen LogP contribution in [0.4, 0.5) is 0 Å². The molecule has 0 aliphatic heterocycles. The minimum absolute atomic E-state index is 1.30. The van der Waals surface area contributed by atoms with Crippen molar-refractivity contribution in [2.45, 2.75) is 13.8 Å². The summed E-state index contributed by atoms with van der Waals surface area (Å²) in [4.78, 5) is 0. The largest absolute Gasteiger partial charge is 0.303 e. The Balaban J connectivity index is 2.17. The van der Waals surface area contributed by atoms with Gasteiger partial charge in [0.05, 0.1) is 16.4 Å². The van der Waals surface area contributed by atoms with Gasteiger partial charge in [-0.05, 0) is 42.5 Å². The summed E-state index contributed by atoms with van der Waals surface area (Å²) in [6.07, 6.45) is 2.21. The van der Waals surface area contributed by atoms with E-state index in [9.17, 15) is 0 Å². The molecule has 0 bridgehead atoms. The maximum Gasteiger partial charge on any atom is 0.238 e. The molecule has 0 unspecified atom stereocenters. The number of benzene rings is 3. The average Bonchev–Trinajstić information content (AvgIpc) is 2.98. The molecule has 0 saturated carbocycles. The second-order valence-corrected chi connectivity index (χ2v) is 7.47. The fourth-order valence-corrected chi connectivity index (χ4v) is 4.87. The molecule has 26 heavy (non-hydrogen) atoms. The number of nitrogens with zero attached hydrogens (tertiary/aromatic N) is 2. The maximum absolute atomic E-state index is 2.47. The van der Waals surface area contributed by atoms with Gasteiger partial charge in [0.2, 0.25) is 5.52 Å². The second kappa shape index (κ2) is 4.53. The van der Waals surface area contributed by atoms with Gasteiger partial charge >= 0.3 is 0 Å². The lowest BCUT2D eigenvalue weighted by molar-refractivity contribution is -0.644. The topological polar surface area (TPSA) is 8.29 Å². The van der Waals surface area contributed by atoms with Crippen molar-refractivity contribution in [3.05, 3.63) is 71.9 Å². The van der Waals surface area contributed by atoms with Gasteiger partial charge in [-0.25, -0.2) is 0 Å². The van der Waals surface area contributed by atoms with E-state index < -0.39 is 0 Å². The van der Waals surface area contributed by atoms with Crippen LogP contribution >= 0.6 is 0 Å². The molecule has 0 spiro atoms. The zero-order chi connectivity index (χ0) is 17.6. The van der Waals surface area contributed by atoms with E-state index in [0.29, 0.717) is 0 Å². The molecule has 0 N–H and O–H groups in total. The molecule has 3 heterocycles. The van der Waals surface area contributed by atoms with E-state index in [0.717, 1.165) is 0 Å². The van der Waals surface area contributed by atoms with Crippen LogP contribution in [0.25, 0.3) is 49.0 Å². The number of aromatic nitrogens is 2. The Labute approximate surface area is 151 Å². The van der Waals surface area contributed by atoms with Gasteiger partial charge in [0.15, 0.2) is 6.20 Å². The molecule has 6 rings (SSSR count). The summed E-state index contributed by atoms with van der Waals surface area (Å²) in [5.41, 5.74) is 7.91. The van der Waals surface area contributed by atoms with Crippen LogP contribution in [0, 0.1) is 13.8 Å². The molecular weight excluding hydrogens is 316 g/mol. The Morgan fingerprint density at radius 3 is 2.31 bits per heavy atom. The van der Waals surface area contributed by atoms with Crippen molar-refractivity contribution in [2.24, 2.45) is 7.05 Å². The number of aryl methyl sites for hydroxylation is 3. The molecule has 0 saturated heterocycles. The second-order valence-electron chi connectivity index (χ2n) is 7.47. The molecule has 0 atom stereocenters. The van der Waals surface area contributed by atoms with E-state index in [2.05, 4.69) is 90.7 Å². The van der Waals surface area contributed by atoms with Crippen LogP contribution in [-0.2, 0) is 7.05 Å². The first-order valence-electron chi connectivity index (χ1n) is 9.12. The summed E-state index contributed by atoms with van der Waals surface area (Å²) in [5.74, 6) is 0. The lowest BCUT2D eigenvalue weighted by Crippen LogP contribution is -2.28. The van der Waals surface area contributed by atoms with Crippen LogP contribution < -0.4 is 4.57 Å². The highest BCUT2D eigenvalue weighted by atomic mass is 15.0. The molecule has 3 aromatic carbocycles. The number of pyridine rings is 2. The molecule has 0 radical (unpaired) electrons. The van der Waals surface area contributed by atoms with Crippen LogP contribution in [0.15, 0.2) is 60.8 Å². The van der Waals surface area contributed by atoms with Gasteiger partial charge in [0.1, 0.15) is 12.6 Å². The number of fused-ring (bicyclic) bond motifs is 5. The lowest BCUT2D eigenvalue weighted by Gasteiger charge is -2.12. The number of hydrogen-bond acceptors (Lipinski definition) is 0. The minimum Gasteiger partial charge on any atom is -0.303 e. The van der Waals surface area contributed by atoms with Crippen molar-refractivity contribution in [1.29, 1.82) is 0 Å². The van der Waals surface area contributed by atoms with Gasteiger partial charge in [-0.1, -0.05) is 36.4 Å². The summed E-state index contributed by atoms with van der Waals surface area (Å²) in [6, 6.07) is 20.1. The summed E-state index contributed by atoms with van der Waals surface area (Å²) < 4.78 is 4.76. The molecule has 124 valence electrons. The van der Waals surface area contributed by atoms with Crippen LogP contribution in [0.1, 0.15) is 11.1 Å². The number of rotatable bonds is 0.